The number of hydrogen-bond acceptors (Lipinski definition) is 2. The van der Waals surface area contributed by atoms with E-state index in [1.165, 1.54) is 11.3 Å². The zero-order valence-corrected chi connectivity index (χ0v) is 11.8. The third-order valence-electron chi connectivity index (χ3n) is 3.03. The Labute approximate surface area is 109 Å². The van der Waals surface area contributed by atoms with Crippen molar-refractivity contribution in [1.82, 2.24) is 20.4 Å². The van der Waals surface area contributed by atoms with Crippen LogP contribution < -0.4 is 10.6 Å². The van der Waals surface area contributed by atoms with Crippen LogP contribution in [0, 0.1) is 13.8 Å². The van der Waals surface area contributed by atoms with Gasteiger partial charge >= 0.3 is 6.03 Å². The molecule has 0 radical (unpaired) electrons. The fourth-order valence-corrected chi connectivity index (χ4v) is 2.01. The van der Waals surface area contributed by atoms with Gasteiger partial charge in [-0.3, -0.25) is 4.68 Å². The molecule has 0 aromatic carbocycles. The van der Waals surface area contributed by atoms with Gasteiger partial charge in [-0.25, -0.2) is 4.79 Å². The minimum atomic E-state index is -0.0879. The van der Waals surface area contributed by atoms with Gasteiger partial charge < -0.3 is 10.6 Å². The molecule has 0 spiro atoms. The molecule has 2 N–H and O–H groups in total. The van der Waals surface area contributed by atoms with Gasteiger partial charge in [-0.15, -0.1) is 0 Å². The molecular weight excluding hydrogens is 228 g/mol. The predicted octanol–water partition coefficient (Wildman–Crippen LogP) is 1.77. The number of rotatable bonds is 6. The first-order valence-electron chi connectivity index (χ1n) is 6.64. The van der Waals surface area contributed by atoms with E-state index in [9.17, 15) is 4.79 Å². The number of hydrogen-bond donors (Lipinski definition) is 2. The Morgan fingerprint density at radius 2 is 1.89 bits per heavy atom. The molecule has 0 saturated carbocycles. The highest BCUT2D eigenvalue weighted by Crippen LogP contribution is 2.13. The van der Waals surface area contributed by atoms with Crippen molar-refractivity contribution in [3.63, 3.8) is 0 Å². The molecule has 1 rings (SSSR count). The van der Waals surface area contributed by atoms with Crippen molar-refractivity contribution < 1.29 is 4.79 Å². The Morgan fingerprint density at radius 1 is 1.22 bits per heavy atom. The molecule has 0 atom stereocenters. The molecular formula is C13H24N4O. The fourth-order valence-electron chi connectivity index (χ4n) is 2.01. The fraction of sp³-hybridized carbons (Fsp3) is 0.692. The lowest BCUT2D eigenvalue weighted by Gasteiger charge is -2.07. The van der Waals surface area contributed by atoms with E-state index in [-0.39, 0.29) is 6.03 Å². The topological polar surface area (TPSA) is 59.0 Å². The van der Waals surface area contributed by atoms with Gasteiger partial charge in [-0.1, -0.05) is 6.92 Å². The summed E-state index contributed by atoms with van der Waals surface area (Å²) in [7, 11) is 0. The largest absolute Gasteiger partial charge is 0.338 e. The smallest absolute Gasteiger partial charge is 0.314 e. The molecule has 5 heteroatoms. The van der Waals surface area contributed by atoms with Gasteiger partial charge in [0.05, 0.1) is 5.69 Å². The highest BCUT2D eigenvalue weighted by molar-refractivity contribution is 5.73. The lowest BCUT2D eigenvalue weighted by molar-refractivity contribution is 0.241. The summed E-state index contributed by atoms with van der Waals surface area (Å²) in [5.74, 6) is 0. The van der Waals surface area contributed by atoms with E-state index in [0.717, 1.165) is 31.6 Å². The Balaban J connectivity index is 2.44. The standard InChI is InChI=1S/C13H24N4O/c1-5-8-14-13(18)15-9-7-12-10(3)16-17(6-2)11(12)4/h5-9H2,1-4H3,(H2,14,15,18). The van der Waals surface area contributed by atoms with E-state index in [0.29, 0.717) is 6.54 Å². The Morgan fingerprint density at radius 3 is 2.44 bits per heavy atom. The van der Waals surface area contributed by atoms with Gasteiger partial charge in [0, 0.05) is 25.3 Å². The monoisotopic (exact) mass is 252 g/mol. The summed E-state index contributed by atoms with van der Waals surface area (Å²) < 4.78 is 2.00. The number of nitrogens with one attached hydrogen (secondary N) is 2. The normalized spacial score (nSPS) is 10.4. The van der Waals surface area contributed by atoms with Crippen LogP contribution in [0.4, 0.5) is 4.79 Å². The van der Waals surface area contributed by atoms with Crippen molar-refractivity contribution in [3.8, 4) is 0 Å². The number of carbonyl (C=O) groups excluding carboxylic acids is 1. The average Bonchev–Trinajstić information content (AvgIpc) is 2.63. The molecule has 0 unspecified atom stereocenters. The van der Waals surface area contributed by atoms with Crippen LogP contribution in [0.15, 0.2) is 0 Å². The molecule has 0 aliphatic rings. The molecule has 0 saturated heterocycles. The first-order chi connectivity index (χ1) is 8.60. The van der Waals surface area contributed by atoms with Crippen LogP contribution in [0.5, 0.6) is 0 Å². The van der Waals surface area contributed by atoms with Crippen LogP contribution in [-0.4, -0.2) is 28.9 Å². The first-order valence-corrected chi connectivity index (χ1v) is 6.64. The predicted molar refractivity (Wildman–Crippen MR) is 72.8 cm³/mol. The summed E-state index contributed by atoms with van der Waals surface area (Å²) in [6.45, 7) is 10.5. The molecule has 18 heavy (non-hydrogen) atoms. The van der Waals surface area contributed by atoms with Gasteiger partial charge in [0.2, 0.25) is 0 Å². The number of urea groups is 1. The summed E-state index contributed by atoms with van der Waals surface area (Å²) in [5.41, 5.74) is 3.50. The van der Waals surface area contributed by atoms with Crippen LogP contribution in [0.3, 0.4) is 0 Å². The van der Waals surface area contributed by atoms with E-state index in [1.807, 2.05) is 18.5 Å². The molecule has 102 valence electrons. The molecule has 1 aromatic heterocycles. The maximum Gasteiger partial charge on any atom is 0.314 e. The van der Waals surface area contributed by atoms with E-state index in [4.69, 9.17) is 0 Å². The second-order valence-electron chi connectivity index (χ2n) is 4.40. The molecule has 0 fully saturated rings. The molecule has 2 amide bonds. The molecule has 0 aliphatic heterocycles. The van der Waals surface area contributed by atoms with Crippen molar-refractivity contribution in [1.29, 1.82) is 0 Å². The molecule has 0 bridgehead atoms. The lowest BCUT2D eigenvalue weighted by Crippen LogP contribution is -2.37. The van der Waals surface area contributed by atoms with Crippen molar-refractivity contribution in [2.75, 3.05) is 13.1 Å². The van der Waals surface area contributed by atoms with Gasteiger partial charge in [-0.2, -0.15) is 5.10 Å². The van der Waals surface area contributed by atoms with Gasteiger partial charge in [0.25, 0.3) is 0 Å². The van der Waals surface area contributed by atoms with Crippen LogP contribution >= 0.6 is 0 Å². The van der Waals surface area contributed by atoms with Crippen LogP contribution in [-0.2, 0) is 13.0 Å². The van der Waals surface area contributed by atoms with E-state index in [1.54, 1.807) is 0 Å². The number of carbonyl (C=O) groups is 1. The zero-order chi connectivity index (χ0) is 13.5. The summed E-state index contributed by atoms with van der Waals surface area (Å²) in [5, 5.41) is 10.1. The average molecular weight is 252 g/mol. The molecule has 1 heterocycles. The Kier molecular flexibility index (Phi) is 5.68. The second kappa shape index (κ2) is 7.03. The summed E-state index contributed by atoms with van der Waals surface area (Å²) >= 11 is 0. The number of aromatic nitrogens is 2. The number of aryl methyl sites for hydroxylation is 2. The Bertz CT molecular complexity index is 398. The van der Waals surface area contributed by atoms with Gasteiger partial charge in [-0.05, 0) is 39.2 Å². The first kappa shape index (κ1) is 14.5. The highest BCUT2D eigenvalue weighted by Gasteiger charge is 2.10. The van der Waals surface area contributed by atoms with Gasteiger partial charge in [0.1, 0.15) is 0 Å². The third kappa shape index (κ3) is 3.75. The van der Waals surface area contributed by atoms with Crippen LogP contribution in [0.25, 0.3) is 0 Å². The lowest BCUT2D eigenvalue weighted by atomic mass is 10.1. The summed E-state index contributed by atoms with van der Waals surface area (Å²) in [4.78, 5) is 11.4. The maximum atomic E-state index is 11.4. The van der Waals surface area contributed by atoms with Crippen LogP contribution in [0.1, 0.15) is 37.2 Å². The van der Waals surface area contributed by atoms with E-state index >= 15 is 0 Å². The number of nitrogens with zero attached hydrogens (tertiary/aromatic N) is 2. The molecule has 0 aliphatic carbocycles. The number of amides is 2. The quantitative estimate of drug-likeness (QED) is 0.810. The zero-order valence-electron chi connectivity index (χ0n) is 11.8. The van der Waals surface area contributed by atoms with Crippen molar-refractivity contribution in [3.05, 3.63) is 17.0 Å². The second-order valence-corrected chi connectivity index (χ2v) is 4.40. The van der Waals surface area contributed by atoms with Crippen molar-refractivity contribution >= 4 is 6.03 Å². The SMILES string of the molecule is CCCNC(=O)NCCc1c(C)nn(CC)c1C. The van der Waals surface area contributed by atoms with E-state index in [2.05, 4.69) is 29.6 Å². The minimum absolute atomic E-state index is 0.0879. The summed E-state index contributed by atoms with van der Waals surface area (Å²) in [6.07, 6.45) is 1.78. The molecule has 5 nitrogen and oxygen atoms in total. The van der Waals surface area contributed by atoms with Crippen LogP contribution in [0.2, 0.25) is 0 Å². The van der Waals surface area contributed by atoms with Crippen molar-refractivity contribution in [2.24, 2.45) is 0 Å². The van der Waals surface area contributed by atoms with E-state index < -0.39 is 0 Å². The van der Waals surface area contributed by atoms with Gasteiger partial charge in [0.15, 0.2) is 0 Å². The maximum absolute atomic E-state index is 11.4. The minimum Gasteiger partial charge on any atom is -0.338 e. The molecule has 1 aromatic rings. The highest BCUT2D eigenvalue weighted by atomic mass is 16.2. The summed E-state index contributed by atoms with van der Waals surface area (Å²) in [6, 6.07) is -0.0879. The van der Waals surface area contributed by atoms with Crippen molar-refractivity contribution in [2.45, 2.75) is 47.1 Å². The third-order valence-corrected chi connectivity index (χ3v) is 3.03. The Hall–Kier alpha value is -1.52.